The maximum absolute atomic E-state index is 13.5. The lowest BCUT2D eigenvalue weighted by Crippen LogP contribution is -2.49. The maximum Gasteiger partial charge on any atom is 0.280 e. The van der Waals surface area contributed by atoms with Crippen LogP contribution in [0, 0.1) is 0 Å². The van der Waals surface area contributed by atoms with Crippen LogP contribution in [-0.2, 0) is 0 Å². The van der Waals surface area contributed by atoms with Crippen LogP contribution >= 0.6 is 11.3 Å². The summed E-state index contributed by atoms with van der Waals surface area (Å²) in [6, 6.07) is 1.74. The van der Waals surface area contributed by atoms with Crippen LogP contribution in [0.1, 0.15) is 42.2 Å². The number of aromatic nitrogens is 5. The largest absolute Gasteiger partial charge is 0.470 e. The van der Waals surface area contributed by atoms with Crippen molar-refractivity contribution >= 4 is 22.9 Å². The Labute approximate surface area is 191 Å². The number of ether oxygens (including phenoxy) is 1. The van der Waals surface area contributed by atoms with Crippen LogP contribution in [0.5, 0.6) is 5.88 Å². The van der Waals surface area contributed by atoms with Crippen molar-refractivity contribution in [2.75, 3.05) is 6.54 Å². The zero-order chi connectivity index (χ0) is 22.9. The monoisotopic (exact) mass is 470 g/mol. The number of nitrogens with zero attached hydrogens (tertiary/aromatic N) is 6. The maximum atomic E-state index is 13.5. The van der Waals surface area contributed by atoms with E-state index in [0.29, 0.717) is 29.9 Å². The first-order valence-corrected chi connectivity index (χ1v) is 11.4. The molecule has 170 valence electrons. The van der Waals surface area contributed by atoms with Gasteiger partial charge in [-0.15, -0.1) is 0 Å². The lowest BCUT2D eigenvalue weighted by atomic mass is 9.99. The Balaban J connectivity index is 1.38. The van der Waals surface area contributed by atoms with Crippen molar-refractivity contribution in [3.63, 3.8) is 0 Å². The minimum Gasteiger partial charge on any atom is -0.470 e. The molecule has 5 rings (SSSR count). The minimum atomic E-state index is -2.66. The Hall–Kier alpha value is -3.47. The van der Waals surface area contributed by atoms with Crippen molar-refractivity contribution in [3.8, 4) is 17.3 Å². The molecule has 0 aromatic carbocycles. The van der Waals surface area contributed by atoms with Crippen LogP contribution in [0.15, 0.2) is 47.8 Å². The fourth-order valence-corrected chi connectivity index (χ4v) is 4.80. The summed E-state index contributed by atoms with van der Waals surface area (Å²) in [5.41, 5.74) is 1.25. The number of halogens is 2. The van der Waals surface area contributed by atoms with Gasteiger partial charge in [0.15, 0.2) is 5.82 Å². The summed E-state index contributed by atoms with van der Waals surface area (Å²) >= 11 is 1.42. The van der Waals surface area contributed by atoms with Crippen molar-refractivity contribution in [1.29, 1.82) is 0 Å². The molecule has 4 aromatic heterocycles. The van der Waals surface area contributed by atoms with E-state index in [1.165, 1.54) is 28.1 Å². The van der Waals surface area contributed by atoms with Gasteiger partial charge in [-0.2, -0.15) is 11.3 Å². The fourth-order valence-electron chi connectivity index (χ4n) is 4.00. The average molecular weight is 471 g/mol. The lowest BCUT2D eigenvalue weighted by molar-refractivity contribution is 0.0376. The van der Waals surface area contributed by atoms with Gasteiger partial charge in [-0.1, -0.05) is 0 Å². The third-order valence-corrected chi connectivity index (χ3v) is 6.47. The van der Waals surface area contributed by atoms with E-state index in [9.17, 15) is 13.6 Å². The Morgan fingerprint density at radius 3 is 2.76 bits per heavy atom. The first kappa shape index (κ1) is 21.4. The number of hydrogen-bond acceptors (Lipinski definition) is 7. The van der Waals surface area contributed by atoms with Crippen LogP contribution in [0.3, 0.4) is 0 Å². The second kappa shape index (κ2) is 8.81. The molecular formula is C22H20F2N6O2S. The van der Waals surface area contributed by atoms with E-state index in [2.05, 4.69) is 19.9 Å². The molecule has 0 N–H and O–H groups in total. The first-order valence-electron chi connectivity index (χ1n) is 10.4. The highest BCUT2D eigenvalue weighted by Gasteiger charge is 2.33. The van der Waals surface area contributed by atoms with Gasteiger partial charge >= 0.3 is 0 Å². The zero-order valence-corrected chi connectivity index (χ0v) is 18.5. The summed E-state index contributed by atoms with van der Waals surface area (Å²) in [6.45, 7) is 2.34. The van der Waals surface area contributed by atoms with Crippen molar-refractivity contribution in [1.82, 2.24) is 29.2 Å². The molecule has 1 aliphatic rings. The lowest BCUT2D eigenvalue weighted by Gasteiger charge is -2.37. The molecule has 0 unspecified atom stereocenters. The molecule has 2 atom stereocenters. The SMILES string of the molecule is C[C@@H]1CC[C@@H](Oc2nccn3c(C(F)F)cnc23)CN1C(=O)c1cscc1-c1ncccn1. The van der Waals surface area contributed by atoms with Gasteiger partial charge in [-0.05, 0) is 25.8 Å². The molecule has 33 heavy (non-hydrogen) atoms. The normalized spacial score (nSPS) is 18.7. The highest BCUT2D eigenvalue weighted by molar-refractivity contribution is 7.08. The van der Waals surface area contributed by atoms with Gasteiger partial charge in [0.05, 0.1) is 18.3 Å². The highest BCUT2D eigenvalue weighted by atomic mass is 32.1. The van der Waals surface area contributed by atoms with E-state index in [1.807, 2.05) is 17.7 Å². The number of amides is 1. The van der Waals surface area contributed by atoms with Gasteiger partial charge in [0, 0.05) is 47.2 Å². The Bertz CT molecular complexity index is 1280. The number of imidazole rings is 1. The molecular weight excluding hydrogens is 450 g/mol. The Morgan fingerprint density at radius 2 is 1.97 bits per heavy atom. The predicted octanol–water partition coefficient (Wildman–Crippen LogP) is 4.26. The smallest absolute Gasteiger partial charge is 0.280 e. The van der Waals surface area contributed by atoms with Gasteiger partial charge in [-0.25, -0.2) is 28.7 Å². The number of rotatable bonds is 5. The second-order valence-electron chi connectivity index (χ2n) is 7.81. The minimum absolute atomic E-state index is 0.0161. The quantitative estimate of drug-likeness (QED) is 0.433. The molecule has 1 aliphatic heterocycles. The molecule has 0 bridgehead atoms. The molecule has 1 amide bonds. The van der Waals surface area contributed by atoms with Crippen molar-refractivity contribution in [3.05, 3.63) is 59.1 Å². The molecule has 1 fully saturated rings. The van der Waals surface area contributed by atoms with Gasteiger partial charge < -0.3 is 9.64 Å². The van der Waals surface area contributed by atoms with Gasteiger partial charge in [0.2, 0.25) is 5.65 Å². The van der Waals surface area contributed by atoms with E-state index in [4.69, 9.17) is 4.74 Å². The number of piperidine rings is 1. The summed E-state index contributed by atoms with van der Waals surface area (Å²) in [4.78, 5) is 32.0. The molecule has 0 radical (unpaired) electrons. The van der Waals surface area contributed by atoms with Crippen LogP contribution < -0.4 is 4.74 Å². The zero-order valence-electron chi connectivity index (χ0n) is 17.6. The number of fused-ring (bicyclic) bond motifs is 1. The number of hydrogen-bond donors (Lipinski definition) is 0. The van der Waals surface area contributed by atoms with Gasteiger partial charge in [0.1, 0.15) is 11.8 Å². The number of likely N-dealkylation sites (tertiary alicyclic amines) is 1. The van der Waals surface area contributed by atoms with E-state index >= 15 is 0 Å². The molecule has 4 aromatic rings. The molecule has 11 heteroatoms. The predicted molar refractivity (Wildman–Crippen MR) is 117 cm³/mol. The summed E-state index contributed by atoms with van der Waals surface area (Å²) in [6.07, 6.45) is 5.68. The number of thiophene rings is 1. The van der Waals surface area contributed by atoms with Gasteiger partial charge in [0.25, 0.3) is 18.2 Å². The van der Waals surface area contributed by atoms with E-state index < -0.39 is 6.43 Å². The molecule has 8 nitrogen and oxygen atoms in total. The highest BCUT2D eigenvalue weighted by Crippen LogP contribution is 2.30. The third kappa shape index (κ3) is 4.04. The van der Waals surface area contributed by atoms with E-state index in [1.54, 1.807) is 23.4 Å². The van der Waals surface area contributed by atoms with Crippen LogP contribution in [-0.4, -0.2) is 53.8 Å². The summed E-state index contributed by atoms with van der Waals surface area (Å²) in [7, 11) is 0. The number of carbonyl (C=O) groups is 1. The molecule has 0 saturated carbocycles. The molecule has 0 aliphatic carbocycles. The Kier molecular flexibility index (Phi) is 5.71. The van der Waals surface area contributed by atoms with Gasteiger partial charge in [-0.3, -0.25) is 9.20 Å². The van der Waals surface area contributed by atoms with Crippen LogP contribution in [0.2, 0.25) is 0 Å². The summed E-state index contributed by atoms with van der Waals surface area (Å²) < 4.78 is 33.8. The third-order valence-electron chi connectivity index (χ3n) is 5.72. The van der Waals surface area contributed by atoms with Crippen molar-refractivity contribution in [2.45, 2.75) is 38.3 Å². The first-order chi connectivity index (χ1) is 16.0. The van der Waals surface area contributed by atoms with Crippen LogP contribution in [0.25, 0.3) is 17.0 Å². The molecule has 1 saturated heterocycles. The molecule has 0 spiro atoms. The second-order valence-corrected chi connectivity index (χ2v) is 8.55. The standard InChI is InChI=1S/C22H20F2N6O2S/c1-13-3-4-14(32-21-20-28-9-17(18(23)24)29(20)8-7-27-21)10-30(13)22(31)16-12-33-11-15(16)19-25-5-2-6-26-19/h2,5-9,11-14,18H,3-4,10H2,1H3/t13-,14-/m1/s1. The van der Waals surface area contributed by atoms with Crippen molar-refractivity contribution in [2.24, 2.45) is 0 Å². The Morgan fingerprint density at radius 1 is 1.15 bits per heavy atom. The number of carbonyl (C=O) groups excluding carboxylic acids is 1. The van der Waals surface area contributed by atoms with E-state index in [-0.39, 0.29) is 35.3 Å². The molecule has 5 heterocycles. The van der Waals surface area contributed by atoms with Crippen molar-refractivity contribution < 1.29 is 18.3 Å². The topological polar surface area (TPSA) is 85.5 Å². The number of alkyl halides is 2. The van der Waals surface area contributed by atoms with Crippen LogP contribution in [0.4, 0.5) is 8.78 Å². The average Bonchev–Trinajstić information content (AvgIpc) is 3.48. The summed E-state index contributed by atoms with van der Waals surface area (Å²) in [5, 5.41) is 3.68. The summed E-state index contributed by atoms with van der Waals surface area (Å²) in [5.74, 6) is 0.557. The van der Waals surface area contributed by atoms with E-state index in [0.717, 1.165) is 12.6 Å². The fraction of sp³-hybridized carbons (Fsp3) is 0.318.